The number of ether oxygens (including phenoxy) is 1. The lowest BCUT2D eigenvalue weighted by Crippen LogP contribution is -2.14. The van der Waals surface area contributed by atoms with E-state index in [1.165, 1.54) is 11.8 Å². The lowest BCUT2D eigenvalue weighted by Gasteiger charge is -2.05. The Balaban J connectivity index is 1.53. The third-order valence-electron chi connectivity index (χ3n) is 3.13. The molecule has 0 aromatic heterocycles. The summed E-state index contributed by atoms with van der Waals surface area (Å²) in [5, 5.41) is 5.63. The number of hydrogen-bond acceptors (Lipinski definition) is 3. The van der Waals surface area contributed by atoms with E-state index in [9.17, 15) is 4.79 Å². The molecule has 132 valence electrons. The van der Waals surface area contributed by atoms with Crippen LogP contribution in [0.2, 0.25) is 0 Å². The first-order valence-electron chi connectivity index (χ1n) is 8.13. The Bertz CT molecular complexity index is 814. The Hall–Kier alpha value is -2.34. The van der Waals surface area contributed by atoms with Gasteiger partial charge in [0.15, 0.2) is 0 Å². The molecule has 0 spiro atoms. The number of anilines is 1. The zero-order valence-electron chi connectivity index (χ0n) is 14.1. The van der Waals surface area contributed by atoms with Gasteiger partial charge in [-0.3, -0.25) is 5.32 Å². The fraction of sp³-hybridized carbons (Fsp3) is 0.190. The molecule has 5 heteroatoms. The molecule has 26 heavy (non-hydrogen) atoms. The number of halogens is 1. The summed E-state index contributed by atoms with van der Waals surface area (Å²) in [5.74, 6) is 8.68. The van der Waals surface area contributed by atoms with Crippen molar-refractivity contribution in [2.75, 3.05) is 11.9 Å². The third kappa shape index (κ3) is 8.67. The van der Waals surface area contributed by atoms with Crippen LogP contribution in [0.25, 0.3) is 0 Å². The van der Waals surface area contributed by atoms with E-state index in [2.05, 4.69) is 44.3 Å². The van der Waals surface area contributed by atoms with E-state index in [1.807, 2.05) is 54.6 Å². The Labute approximate surface area is 167 Å². The number of carbonyl (C=O) groups is 1. The van der Waals surface area contributed by atoms with Gasteiger partial charge >= 0.3 is 6.09 Å². The second kappa shape index (κ2) is 12.1. The number of rotatable bonds is 6. The number of thioether (sulfide) groups is 1. The van der Waals surface area contributed by atoms with E-state index >= 15 is 0 Å². The van der Waals surface area contributed by atoms with Crippen molar-refractivity contribution in [3.05, 3.63) is 59.1 Å². The molecule has 0 saturated heterocycles. The summed E-state index contributed by atoms with van der Waals surface area (Å²) in [5.41, 5.74) is 0.725. The fourth-order valence-corrected chi connectivity index (χ4v) is 2.63. The lowest BCUT2D eigenvalue weighted by molar-refractivity contribution is 0.159. The minimum absolute atomic E-state index is 0.380. The zero-order valence-corrected chi connectivity index (χ0v) is 16.5. The minimum atomic E-state index is -0.432. The average Bonchev–Trinajstić information content (AvgIpc) is 2.65. The molecule has 2 rings (SSSR count). The number of benzene rings is 2. The van der Waals surface area contributed by atoms with Gasteiger partial charge in [0.2, 0.25) is 0 Å². The molecule has 0 bridgehead atoms. The monoisotopic (exact) mass is 427 g/mol. The second-order valence-corrected chi connectivity index (χ2v) is 6.96. The highest BCUT2D eigenvalue weighted by atomic mass is 79.9. The van der Waals surface area contributed by atoms with E-state index in [0.717, 1.165) is 34.3 Å². The maximum atomic E-state index is 11.6. The molecule has 0 atom stereocenters. The molecule has 2 aromatic carbocycles. The largest absolute Gasteiger partial charge is 0.449 e. The SMILES string of the molecule is O=C(Nc1ccccc1)OCCCCC#CC#CSc1ccc(Br)cc1. The van der Waals surface area contributed by atoms with Gasteiger partial charge < -0.3 is 4.74 Å². The normalized spacial score (nSPS) is 9.27. The van der Waals surface area contributed by atoms with Gasteiger partial charge in [-0.2, -0.15) is 0 Å². The van der Waals surface area contributed by atoms with E-state index in [1.54, 1.807) is 0 Å². The van der Waals surface area contributed by atoms with Crippen molar-refractivity contribution in [2.24, 2.45) is 0 Å². The van der Waals surface area contributed by atoms with Gasteiger partial charge in [0.05, 0.1) is 6.61 Å². The highest BCUT2D eigenvalue weighted by Gasteiger charge is 2.01. The van der Waals surface area contributed by atoms with Crippen LogP contribution in [0.3, 0.4) is 0 Å². The molecule has 0 fully saturated rings. The van der Waals surface area contributed by atoms with Crippen LogP contribution in [0.5, 0.6) is 0 Å². The first-order chi connectivity index (χ1) is 12.7. The standard InChI is InChI=1S/C21H18BrNO2S/c22-18-12-14-20(15-13-18)26-17-9-4-2-1-3-8-16-25-21(24)23-19-10-6-5-7-11-19/h5-7,10-15H,1,3,8,16H2,(H,23,24). The number of nitrogens with one attached hydrogen (secondary N) is 1. The van der Waals surface area contributed by atoms with Crippen LogP contribution < -0.4 is 5.32 Å². The molecule has 2 aromatic rings. The summed E-state index contributed by atoms with van der Waals surface area (Å²) < 4.78 is 6.17. The van der Waals surface area contributed by atoms with Crippen LogP contribution >= 0.6 is 27.7 Å². The Morgan fingerprint density at radius 1 is 1.04 bits per heavy atom. The highest BCUT2D eigenvalue weighted by molar-refractivity contribution is 9.10. The van der Waals surface area contributed by atoms with Gasteiger partial charge in [-0.25, -0.2) is 4.79 Å². The molecule has 1 amide bonds. The van der Waals surface area contributed by atoms with E-state index in [-0.39, 0.29) is 0 Å². The molecular formula is C21H18BrNO2S. The topological polar surface area (TPSA) is 38.3 Å². The second-order valence-electron chi connectivity index (χ2n) is 5.17. The van der Waals surface area contributed by atoms with E-state index in [4.69, 9.17) is 4.74 Å². The Morgan fingerprint density at radius 2 is 1.81 bits per heavy atom. The summed E-state index contributed by atoms with van der Waals surface area (Å²) in [6.07, 6.45) is 1.95. The maximum Gasteiger partial charge on any atom is 0.411 e. The van der Waals surface area contributed by atoms with Crippen molar-refractivity contribution in [1.29, 1.82) is 0 Å². The summed E-state index contributed by atoms with van der Waals surface area (Å²) in [6, 6.07) is 17.2. The molecule has 0 heterocycles. The maximum absolute atomic E-state index is 11.6. The van der Waals surface area contributed by atoms with Crippen molar-refractivity contribution in [1.82, 2.24) is 0 Å². The lowest BCUT2D eigenvalue weighted by atomic mass is 10.2. The first-order valence-corrected chi connectivity index (χ1v) is 9.74. The fourth-order valence-electron chi connectivity index (χ4n) is 1.88. The van der Waals surface area contributed by atoms with Gasteiger partial charge in [-0.05, 0) is 78.1 Å². The summed E-state index contributed by atoms with van der Waals surface area (Å²) >= 11 is 4.85. The Morgan fingerprint density at radius 3 is 2.58 bits per heavy atom. The van der Waals surface area contributed by atoms with Crippen LogP contribution in [0, 0.1) is 23.0 Å². The van der Waals surface area contributed by atoms with Gasteiger partial charge in [0.1, 0.15) is 0 Å². The van der Waals surface area contributed by atoms with Gasteiger partial charge in [0.25, 0.3) is 0 Å². The molecule has 0 unspecified atom stereocenters. The highest BCUT2D eigenvalue weighted by Crippen LogP contribution is 2.19. The molecule has 0 aliphatic carbocycles. The van der Waals surface area contributed by atoms with Gasteiger partial charge in [0, 0.05) is 21.5 Å². The molecule has 3 nitrogen and oxygen atoms in total. The smallest absolute Gasteiger partial charge is 0.411 e. The van der Waals surface area contributed by atoms with Crippen LogP contribution in [0.1, 0.15) is 19.3 Å². The third-order valence-corrected chi connectivity index (χ3v) is 4.37. The van der Waals surface area contributed by atoms with Crippen molar-refractivity contribution >= 4 is 39.5 Å². The average molecular weight is 428 g/mol. The van der Waals surface area contributed by atoms with Crippen molar-refractivity contribution in [2.45, 2.75) is 24.2 Å². The van der Waals surface area contributed by atoms with Crippen molar-refractivity contribution in [3.8, 4) is 23.0 Å². The molecule has 0 aliphatic rings. The summed E-state index contributed by atoms with van der Waals surface area (Å²) in [4.78, 5) is 12.7. The van der Waals surface area contributed by atoms with E-state index in [0.29, 0.717) is 6.61 Å². The number of carbonyl (C=O) groups excluding carboxylic acids is 1. The van der Waals surface area contributed by atoms with Gasteiger partial charge in [-0.1, -0.05) is 40.0 Å². The predicted molar refractivity (Wildman–Crippen MR) is 111 cm³/mol. The van der Waals surface area contributed by atoms with Crippen LogP contribution in [-0.2, 0) is 4.74 Å². The van der Waals surface area contributed by atoms with Crippen LogP contribution in [0.4, 0.5) is 10.5 Å². The molecule has 0 radical (unpaired) electrons. The number of hydrogen-bond donors (Lipinski definition) is 1. The quantitative estimate of drug-likeness (QED) is 0.352. The first kappa shape index (κ1) is 20.0. The number of unbranched alkanes of at least 4 members (excludes halogenated alkanes) is 2. The molecule has 0 saturated carbocycles. The Kier molecular flexibility index (Phi) is 9.29. The van der Waals surface area contributed by atoms with Crippen molar-refractivity contribution < 1.29 is 9.53 Å². The summed E-state index contributed by atoms with van der Waals surface area (Å²) in [6.45, 7) is 0.380. The number of para-hydroxylation sites is 1. The van der Waals surface area contributed by atoms with Gasteiger partial charge in [-0.15, -0.1) is 0 Å². The van der Waals surface area contributed by atoms with Crippen molar-refractivity contribution in [3.63, 3.8) is 0 Å². The predicted octanol–water partition coefficient (Wildman–Crippen LogP) is 5.92. The van der Waals surface area contributed by atoms with E-state index < -0.39 is 6.09 Å². The number of amides is 1. The minimum Gasteiger partial charge on any atom is -0.449 e. The molecule has 0 aliphatic heterocycles. The molecular weight excluding hydrogens is 410 g/mol. The molecule has 1 N–H and O–H groups in total. The van der Waals surface area contributed by atoms with Crippen LogP contribution in [0.15, 0.2) is 64.0 Å². The van der Waals surface area contributed by atoms with Crippen LogP contribution in [-0.4, -0.2) is 12.7 Å². The summed E-state index contributed by atoms with van der Waals surface area (Å²) in [7, 11) is 0. The zero-order chi connectivity index (χ0) is 18.5.